The Morgan fingerprint density at radius 3 is 2.36 bits per heavy atom. The predicted octanol–water partition coefficient (Wildman–Crippen LogP) is -0.252. The maximum Gasteiger partial charge on any atom is 0.311 e. The van der Waals surface area contributed by atoms with Crippen LogP contribution in [0, 0.1) is 6.92 Å². The maximum atomic E-state index is 12.1. The van der Waals surface area contributed by atoms with Crippen LogP contribution in [0.2, 0.25) is 0 Å². The number of hydrogen-bond acceptors (Lipinski definition) is 4. The van der Waals surface area contributed by atoms with E-state index < -0.39 is 11.8 Å². The quantitative estimate of drug-likeness (QED) is 0.752. The summed E-state index contributed by atoms with van der Waals surface area (Å²) in [4.78, 5) is 27.7. The van der Waals surface area contributed by atoms with Crippen LogP contribution in [-0.4, -0.2) is 66.1 Å². The first-order chi connectivity index (χ1) is 10.6. The SMILES string of the molecule is Cc1ccc(CNC(=O)C(=O)N2CCN(CCO)CC2)cc1. The Labute approximate surface area is 130 Å². The Morgan fingerprint density at radius 1 is 1.14 bits per heavy atom. The molecule has 1 heterocycles. The van der Waals surface area contributed by atoms with Crippen LogP contribution in [0.5, 0.6) is 0 Å². The minimum absolute atomic E-state index is 0.116. The fourth-order valence-corrected chi connectivity index (χ4v) is 2.42. The zero-order chi connectivity index (χ0) is 15.9. The molecule has 2 rings (SSSR count). The van der Waals surface area contributed by atoms with E-state index in [4.69, 9.17) is 5.11 Å². The lowest BCUT2D eigenvalue weighted by Gasteiger charge is -2.33. The van der Waals surface area contributed by atoms with E-state index in [2.05, 4.69) is 10.2 Å². The lowest BCUT2D eigenvalue weighted by Crippen LogP contribution is -2.52. The van der Waals surface area contributed by atoms with Gasteiger partial charge < -0.3 is 15.3 Å². The van der Waals surface area contributed by atoms with Crippen LogP contribution >= 0.6 is 0 Å². The molecule has 1 aliphatic rings. The largest absolute Gasteiger partial charge is 0.395 e. The van der Waals surface area contributed by atoms with E-state index in [1.807, 2.05) is 31.2 Å². The topological polar surface area (TPSA) is 72.9 Å². The lowest BCUT2D eigenvalue weighted by molar-refractivity contribution is -0.147. The number of amides is 2. The molecule has 1 fully saturated rings. The van der Waals surface area contributed by atoms with Gasteiger partial charge in [0.2, 0.25) is 0 Å². The molecule has 2 amide bonds. The second kappa shape index (κ2) is 7.91. The van der Waals surface area contributed by atoms with Crippen LogP contribution < -0.4 is 5.32 Å². The summed E-state index contributed by atoms with van der Waals surface area (Å²) < 4.78 is 0. The third kappa shape index (κ3) is 4.54. The Kier molecular flexibility index (Phi) is 5.91. The Bertz CT molecular complexity index is 508. The van der Waals surface area contributed by atoms with E-state index in [9.17, 15) is 9.59 Å². The van der Waals surface area contributed by atoms with Crippen molar-refractivity contribution in [2.75, 3.05) is 39.3 Å². The summed E-state index contributed by atoms with van der Waals surface area (Å²) in [6.07, 6.45) is 0. The number of piperazine rings is 1. The first-order valence-electron chi connectivity index (χ1n) is 7.56. The van der Waals surface area contributed by atoms with Gasteiger partial charge in [-0.15, -0.1) is 0 Å². The Hall–Kier alpha value is -1.92. The van der Waals surface area contributed by atoms with Crippen LogP contribution in [-0.2, 0) is 16.1 Å². The molecular weight excluding hydrogens is 282 g/mol. The minimum Gasteiger partial charge on any atom is -0.395 e. The third-order valence-corrected chi connectivity index (χ3v) is 3.84. The molecule has 6 nitrogen and oxygen atoms in total. The van der Waals surface area contributed by atoms with Crippen LogP contribution in [0.4, 0.5) is 0 Å². The number of aliphatic hydroxyl groups excluding tert-OH is 1. The monoisotopic (exact) mass is 305 g/mol. The molecule has 1 aromatic rings. The number of nitrogens with one attached hydrogen (secondary N) is 1. The van der Waals surface area contributed by atoms with Crippen molar-refractivity contribution in [3.8, 4) is 0 Å². The number of hydrogen-bond donors (Lipinski definition) is 2. The molecule has 1 saturated heterocycles. The van der Waals surface area contributed by atoms with Gasteiger partial charge in [-0.25, -0.2) is 0 Å². The summed E-state index contributed by atoms with van der Waals surface area (Å²) in [5.74, 6) is -1.04. The van der Waals surface area contributed by atoms with E-state index >= 15 is 0 Å². The van der Waals surface area contributed by atoms with Crippen LogP contribution in [0.25, 0.3) is 0 Å². The van der Waals surface area contributed by atoms with Gasteiger partial charge in [-0.2, -0.15) is 0 Å². The highest BCUT2D eigenvalue weighted by Gasteiger charge is 2.25. The molecule has 2 N–H and O–H groups in total. The number of rotatable bonds is 4. The van der Waals surface area contributed by atoms with Gasteiger partial charge in [-0.05, 0) is 12.5 Å². The Morgan fingerprint density at radius 2 is 1.77 bits per heavy atom. The van der Waals surface area contributed by atoms with E-state index in [0.29, 0.717) is 39.3 Å². The van der Waals surface area contributed by atoms with Crippen molar-refractivity contribution in [3.63, 3.8) is 0 Å². The van der Waals surface area contributed by atoms with Gasteiger partial charge in [0.15, 0.2) is 0 Å². The van der Waals surface area contributed by atoms with Crippen molar-refractivity contribution >= 4 is 11.8 Å². The minimum atomic E-state index is -0.559. The molecule has 0 bridgehead atoms. The molecule has 0 aliphatic carbocycles. The number of β-amino-alcohol motifs (C(OH)–C–C–N with tert-alkyl or cyclic N) is 1. The molecule has 0 spiro atoms. The zero-order valence-electron chi connectivity index (χ0n) is 12.9. The molecule has 22 heavy (non-hydrogen) atoms. The maximum absolute atomic E-state index is 12.1. The second-order valence-electron chi connectivity index (χ2n) is 5.53. The number of carbonyl (C=O) groups is 2. The van der Waals surface area contributed by atoms with Gasteiger partial charge >= 0.3 is 11.8 Å². The summed E-state index contributed by atoms with van der Waals surface area (Å²) in [5.41, 5.74) is 2.13. The van der Waals surface area contributed by atoms with Crippen molar-refractivity contribution < 1.29 is 14.7 Å². The summed E-state index contributed by atoms with van der Waals surface area (Å²) >= 11 is 0. The number of benzene rings is 1. The predicted molar refractivity (Wildman–Crippen MR) is 83.1 cm³/mol. The fourth-order valence-electron chi connectivity index (χ4n) is 2.42. The molecule has 1 aliphatic heterocycles. The summed E-state index contributed by atoms with van der Waals surface area (Å²) in [6.45, 7) is 5.52. The van der Waals surface area contributed by atoms with E-state index in [1.165, 1.54) is 0 Å². The van der Waals surface area contributed by atoms with Crippen molar-refractivity contribution in [2.24, 2.45) is 0 Å². The van der Waals surface area contributed by atoms with E-state index in [-0.39, 0.29) is 6.61 Å². The third-order valence-electron chi connectivity index (χ3n) is 3.84. The highest BCUT2D eigenvalue weighted by molar-refractivity contribution is 6.34. The lowest BCUT2D eigenvalue weighted by atomic mass is 10.1. The van der Waals surface area contributed by atoms with Crippen molar-refractivity contribution in [1.82, 2.24) is 15.1 Å². The van der Waals surface area contributed by atoms with Crippen LogP contribution in [0.1, 0.15) is 11.1 Å². The average Bonchev–Trinajstić information content (AvgIpc) is 2.54. The van der Waals surface area contributed by atoms with E-state index in [0.717, 1.165) is 11.1 Å². The fraction of sp³-hybridized carbons (Fsp3) is 0.500. The summed E-state index contributed by atoms with van der Waals surface area (Å²) in [7, 11) is 0. The molecule has 120 valence electrons. The van der Waals surface area contributed by atoms with Gasteiger partial charge in [-0.1, -0.05) is 29.8 Å². The Balaban J connectivity index is 1.77. The highest BCUT2D eigenvalue weighted by atomic mass is 16.3. The standard InChI is InChI=1S/C16H23N3O3/c1-13-2-4-14(5-3-13)12-17-15(21)16(22)19-8-6-18(7-9-19)10-11-20/h2-5,20H,6-12H2,1H3,(H,17,21). The molecule has 0 atom stereocenters. The first-order valence-corrected chi connectivity index (χ1v) is 7.56. The average molecular weight is 305 g/mol. The van der Waals surface area contributed by atoms with Gasteiger partial charge in [0.05, 0.1) is 6.61 Å². The highest BCUT2D eigenvalue weighted by Crippen LogP contribution is 2.04. The van der Waals surface area contributed by atoms with Gasteiger partial charge in [-0.3, -0.25) is 14.5 Å². The normalized spacial score (nSPS) is 15.6. The van der Waals surface area contributed by atoms with Gasteiger partial charge in [0.1, 0.15) is 0 Å². The van der Waals surface area contributed by atoms with Crippen molar-refractivity contribution in [3.05, 3.63) is 35.4 Å². The van der Waals surface area contributed by atoms with Crippen molar-refractivity contribution in [2.45, 2.75) is 13.5 Å². The first kappa shape index (κ1) is 16.5. The number of aryl methyl sites for hydroxylation is 1. The number of aliphatic hydroxyl groups is 1. The van der Waals surface area contributed by atoms with Gasteiger partial charge in [0.25, 0.3) is 0 Å². The van der Waals surface area contributed by atoms with Crippen LogP contribution in [0.15, 0.2) is 24.3 Å². The van der Waals surface area contributed by atoms with Crippen LogP contribution in [0.3, 0.4) is 0 Å². The summed E-state index contributed by atoms with van der Waals surface area (Å²) in [6, 6.07) is 7.83. The molecular formula is C16H23N3O3. The zero-order valence-corrected chi connectivity index (χ0v) is 12.9. The van der Waals surface area contributed by atoms with Crippen molar-refractivity contribution in [1.29, 1.82) is 0 Å². The molecule has 1 aromatic carbocycles. The number of nitrogens with zero attached hydrogens (tertiary/aromatic N) is 2. The molecule has 0 saturated carbocycles. The molecule has 0 unspecified atom stereocenters. The second-order valence-corrected chi connectivity index (χ2v) is 5.53. The molecule has 6 heteroatoms. The summed E-state index contributed by atoms with van der Waals surface area (Å²) in [5, 5.41) is 11.6. The number of carbonyl (C=O) groups excluding carboxylic acids is 2. The van der Waals surface area contributed by atoms with E-state index in [1.54, 1.807) is 4.90 Å². The molecule has 0 aromatic heterocycles. The molecule has 0 radical (unpaired) electrons. The smallest absolute Gasteiger partial charge is 0.311 e. The van der Waals surface area contributed by atoms with Gasteiger partial charge in [0, 0.05) is 39.3 Å².